The van der Waals surface area contributed by atoms with E-state index in [1.807, 2.05) is 66.7 Å². The topological polar surface area (TPSA) is 26.3 Å². The summed E-state index contributed by atoms with van der Waals surface area (Å²) in [7, 11) is -2.99. The zero-order valence-corrected chi connectivity index (χ0v) is 20.6. The first-order chi connectivity index (χ1) is 14.6. The summed E-state index contributed by atoms with van der Waals surface area (Å²) in [6.45, 7) is 13.0. The predicted octanol–water partition coefficient (Wildman–Crippen LogP) is 6.58. The minimum absolute atomic E-state index is 0.0976. The highest BCUT2D eigenvalue weighted by molar-refractivity contribution is 7.85. The molecule has 0 N–H and O–H groups in total. The van der Waals surface area contributed by atoms with E-state index in [9.17, 15) is 4.57 Å². The lowest BCUT2D eigenvalue weighted by Gasteiger charge is -2.26. The third-order valence-electron chi connectivity index (χ3n) is 6.46. The molecule has 0 aliphatic heterocycles. The van der Waals surface area contributed by atoms with Crippen LogP contribution in [0.25, 0.3) is 0 Å². The molecule has 3 aromatic rings. The fraction of sp³-hybridized carbons (Fsp3) is 0.357. The lowest BCUT2D eigenvalue weighted by atomic mass is 9.82. The van der Waals surface area contributed by atoms with Crippen LogP contribution in [0.4, 0.5) is 0 Å². The first kappa shape index (κ1) is 23.4. The van der Waals surface area contributed by atoms with Gasteiger partial charge < -0.3 is 9.30 Å². The Hall–Kier alpha value is -2.31. The van der Waals surface area contributed by atoms with Crippen molar-refractivity contribution in [2.24, 2.45) is 0 Å². The Morgan fingerprint density at radius 1 is 0.677 bits per heavy atom. The summed E-state index contributed by atoms with van der Waals surface area (Å²) in [4.78, 5) is 0. The van der Waals surface area contributed by atoms with E-state index in [-0.39, 0.29) is 11.0 Å². The number of hydrogen-bond donors (Lipinski definition) is 0. The number of hydrogen-bond acceptors (Lipinski definition) is 2. The lowest BCUT2D eigenvalue weighted by Crippen LogP contribution is -2.28. The van der Waals surface area contributed by atoms with Crippen LogP contribution in [0.5, 0.6) is 5.75 Å². The molecule has 0 amide bonds. The van der Waals surface area contributed by atoms with Crippen molar-refractivity contribution < 1.29 is 9.30 Å². The van der Waals surface area contributed by atoms with Crippen LogP contribution in [-0.2, 0) is 9.98 Å². The number of benzene rings is 3. The van der Waals surface area contributed by atoms with Crippen molar-refractivity contribution in [2.75, 3.05) is 0 Å². The third-order valence-corrected chi connectivity index (χ3v) is 9.54. The van der Waals surface area contributed by atoms with Crippen molar-refractivity contribution in [1.82, 2.24) is 0 Å². The van der Waals surface area contributed by atoms with Crippen molar-refractivity contribution in [2.45, 2.75) is 65.4 Å². The second kappa shape index (κ2) is 9.05. The maximum absolute atomic E-state index is 14.7. The van der Waals surface area contributed by atoms with Gasteiger partial charge >= 0.3 is 0 Å². The predicted molar refractivity (Wildman–Crippen MR) is 134 cm³/mol. The summed E-state index contributed by atoms with van der Waals surface area (Å²) in [5, 5.41) is 2.53. The first-order valence-corrected chi connectivity index (χ1v) is 12.9. The molecule has 1 atom stereocenters. The van der Waals surface area contributed by atoms with Crippen molar-refractivity contribution >= 4 is 23.1 Å². The molecule has 3 aromatic carbocycles. The first-order valence-electron chi connectivity index (χ1n) is 11.2. The van der Waals surface area contributed by atoms with Crippen LogP contribution in [0.2, 0.25) is 0 Å². The SMILES string of the molecule is CCC(C)(C)Oc1ccc(P(=O)(c2ccccc2)c2ccc(C(C)(C)CC)cc2)cc1. The van der Waals surface area contributed by atoms with Gasteiger partial charge in [0.1, 0.15) is 11.4 Å². The van der Waals surface area contributed by atoms with Gasteiger partial charge in [-0.25, -0.2) is 0 Å². The van der Waals surface area contributed by atoms with Gasteiger partial charge in [0.05, 0.1) is 0 Å². The van der Waals surface area contributed by atoms with E-state index < -0.39 is 7.14 Å². The molecule has 0 saturated heterocycles. The lowest BCUT2D eigenvalue weighted by molar-refractivity contribution is 0.105. The molecular weight excluding hydrogens is 399 g/mol. The Kier molecular flexibility index (Phi) is 6.82. The van der Waals surface area contributed by atoms with Crippen LogP contribution in [0.3, 0.4) is 0 Å². The molecule has 0 saturated carbocycles. The van der Waals surface area contributed by atoms with Gasteiger partial charge in [-0.15, -0.1) is 0 Å². The molecule has 0 spiro atoms. The largest absolute Gasteiger partial charge is 0.488 e. The molecule has 2 nitrogen and oxygen atoms in total. The normalized spacial score (nSPS) is 14.1. The summed E-state index contributed by atoms with van der Waals surface area (Å²) >= 11 is 0. The zero-order chi connectivity index (χ0) is 22.7. The van der Waals surface area contributed by atoms with Crippen LogP contribution < -0.4 is 20.7 Å². The average molecular weight is 435 g/mol. The highest BCUT2D eigenvalue weighted by atomic mass is 31.2. The average Bonchev–Trinajstić information content (AvgIpc) is 2.79. The van der Waals surface area contributed by atoms with E-state index in [0.29, 0.717) is 0 Å². The highest BCUT2D eigenvalue weighted by Gasteiger charge is 2.30. The molecule has 0 fully saturated rings. The van der Waals surface area contributed by atoms with E-state index in [2.05, 4.69) is 53.7 Å². The van der Waals surface area contributed by atoms with Crippen LogP contribution in [-0.4, -0.2) is 5.60 Å². The highest BCUT2D eigenvalue weighted by Crippen LogP contribution is 2.43. The Morgan fingerprint density at radius 3 is 1.65 bits per heavy atom. The Bertz CT molecular complexity index is 1030. The van der Waals surface area contributed by atoms with E-state index >= 15 is 0 Å². The molecular formula is C28H35O2P. The molecule has 0 radical (unpaired) electrons. The molecule has 1 unspecified atom stereocenters. The smallest absolute Gasteiger partial charge is 0.171 e. The van der Waals surface area contributed by atoms with Crippen molar-refractivity contribution in [3.63, 3.8) is 0 Å². The summed E-state index contributed by atoms with van der Waals surface area (Å²) in [5.74, 6) is 0.801. The minimum Gasteiger partial charge on any atom is -0.488 e. The maximum Gasteiger partial charge on any atom is 0.171 e. The fourth-order valence-electron chi connectivity index (χ4n) is 3.53. The van der Waals surface area contributed by atoms with Gasteiger partial charge in [0.15, 0.2) is 7.14 Å². The zero-order valence-electron chi connectivity index (χ0n) is 19.7. The van der Waals surface area contributed by atoms with Gasteiger partial charge in [0, 0.05) is 15.9 Å². The third kappa shape index (κ3) is 4.96. The summed E-state index contributed by atoms with van der Waals surface area (Å²) in [5.41, 5.74) is 1.14. The van der Waals surface area contributed by atoms with Gasteiger partial charge in [0.25, 0.3) is 0 Å². The van der Waals surface area contributed by atoms with E-state index in [0.717, 1.165) is 34.5 Å². The van der Waals surface area contributed by atoms with Crippen molar-refractivity contribution in [3.05, 3.63) is 84.4 Å². The maximum atomic E-state index is 14.7. The minimum atomic E-state index is -2.99. The Morgan fingerprint density at radius 2 is 1.16 bits per heavy atom. The van der Waals surface area contributed by atoms with Crippen molar-refractivity contribution in [1.29, 1.82) is 0 Å². The summed E-state index contributed by atoms with van der Waals surface area (Å²) in [6, 6.07) is 26.0. The molecule has 0 bridgehead atoms. The van der Waals surface area contributed by atoms with Crippen molar-refractivity contribution in [3.8, 4) is 5.75 Å². The van der Waals surface area contributed by atoms with Crippen LogP contribution >= 0.6 is 7.14 Å². The van der Waals surface area contributed by atoms with Crippen LogP contribution in [0.15, 0.2) is 78.9 Å². The molecule has 3 rings (SSSR count). The monoisotopic (exact) mass is 434 g/mol. The van der Waals surface area contributed by atoms with Crippen LogP contribution in [0.1, 0.15) is 59.9 Å². The molecule has 0 heterocycles. The van der Waals surface area contributed by atoms with Gasteiger partial charge in [-0.2, -0.15) is 0 Å². The van der Waals surface area contributed by atoms with Gasteiger partial charge in [0.2, 0.25) is 0 Å². The number of ether oxygens (including phenoxy) is 1. The quantitative estimate of drug-likeness (QED) is 0.374. The Balaban J connectivity index is 2.06. The molecule has 0 aliphatic carbocycles. The molecule has 164 valence electrons. The Labute approximate surface area is 188 Å². The molecule has 31 heavy (non-hydrogen) atoms. The van der Waals surface area contributed by atoms with Gasteiger partial charge in [-0.3, -0.25) is 0 Å². The molecule has 0 aromatic heterocycles. The van der Waals surface area contributed by atoms with Crippen LogP contribution in [0, 0.1) is 0 Å². The van der Waals surface area contributed by atoms with Gasteiger partial charge in [-0.1, -0.05) is 82.3 Å². The van der Waals surface area contributed by atoms with Gasteiger partial charge in [-0.05, 0) is 61.9 Å². The van der Waals surface area contributed by atoms with E-state index in [1.54, 1.807) is 0 Å². The second-order valence-corrected chi connectivity index (χ2v) is 12.2. The fourth-order valence-corrected chi connectivity index (χ4v) is 6.15. The number of rotatable bonds is 8. The molecule has 3 heteroatoms. The van der Waals surface area contributed by atoms with E-state index in [4.69, 9.17) is 4.74 Å². The second-order valence-electron chi connectivity index (χ2n) is 9.44. The van der Waals surface area contributed by atoms with E-state index in [1.165, 1.54) is 5.56 Å². The molecule has 0 aliphatic rings. The standard InChI is InChI=1S/C28H35O2P/c1-7-27(3,4)22-14-18-25(19-15-22)31(29,24-12-10-9-11-13-24)26-20-16-23(17-21-26)30-28(5,6)8-2/h9-21H,7-8H2,1-6H3. The summed E-state index contributed by atoms with van der Waals surface area (Å²) < 4.78 is 20.8. The summed E-state index contributed by atoms with van der Waals surface area (Å²) in [6.07, 6.45) is 1.97.